The van der Waals surface area contributed by atoms with Gasteiger partial charge in [0.05, 0.1) is 23.1 Å². The van der Waals surface area contributed by atoms with Gasteiger partial charge in [0.15, 0.2) is 0 Å². The van der Waals surface area contributed by atoms with Crippen molar-refractivity contribution < 1.29 is 9.53 Å². The molecule has 0 aromatic carbocycles. The molecule has 0 spiro atoms. The first kappa shape index (κ1) is 13.4. The first-order valence-electron chi connectivity index (χ1n) is 6.24. The number of aryl methyl sites for hydroxylation is 1. The van der Waals surface area contributed by atoms with Crippen LogP contribution in [0.1, 0.15) is 16.1 Å². The van der Waals surface area contributed by atoms with Crippen LogP contribution >= 0.6 is 11.3 Å². The topological polar surface area (TPSA) is 69.9 Å². The monoisotopic (exact) mass is 300 g/mol. The van der Waals surface area contributed by atoms with Crippen LogP contribution in [0.25, 0.3) is 10.7 Å². The number of hydrogen-bond donors (Lipinski definition) is 0. The highest BCUT2D eigenvalue weighted by atomic mass is 32.1. The number of rotatable bonds is 4. The van der Waals surface area contributed by atoms with Crippen molar-refractivity contribution in [3.8, 4) is 10.7 Å². The molecule has 21 heavy (non-hydrogen) atoms. The van der Waals surface area contributed by atoms with Gasteiger partial charge < -0.3 is 4.74 Å². The molecule has 0 saturated heterocycles. The van der Waals surface area contributed by atoms with E-state index in [-0.39, 0.29) is 6.61 Å². The maximum atomic E-state index is 11.8. The summed E-state index contributed by atoms with van der Waals surface area (Å²) >= 11 is 1.47. The predicted octanol–water partition coefficient (Wildman–Crippen LogP) is 2.30. The molecule has 0 aliphatic rings. The second kappa shape index (κ2) is 5.84. The van der Waals surface area contributed by atoms with Crippen molar-refractivity contribution in [2.24, 2.45) is 7.05 Å². The van der Waals surface area contributed by atoms with E-state index in [1.54, 1.807) is 24.1 Å². The molecule has 106 valence electrons. The third-order valence-electron chi connectivity index (χ3n) is 2.73. The van der Waals surface area contributed by atoms with E-state index < -0.39 is 5.97 Å². The lowest BCUT2D eigenvalue weighted by molar-refractivity contribution is 0.0468. The van der Waals surface area contributed by atoms with Gasteiger partial charge in [-0.15, -0.1) is 11.3 Å². The highest BCUT2D eigenvalue weighted by Crippen LogP contribution is 2.21. The zero-order chi connectivity index (χ0) is 14.7. The van der Waals surface area contributed by atoms with Crippen LogP contribution in [0.3, 0.4) is 0 Å². The van der Waals surface area contributed by atoms with Crippen LogP contribution in [0, 0.1) is 0 Å². The second-order valence-electron chi connectivity index (χ2n) is 4.34. The normalized spacial score (nSPS) is 10.5. The molecule has 0 unspecified atom stereocenters. The predicted molar refractivity (Wildman–Crippen MR) is 77.7 cm³/mol. The summed E-state index contributed by atoms with van der Waals surface area (Å²) in [5.41, 5.74) is 1.95. The maximum Gasteiger partial charge on any atom is 0.341 e. The average molecular weight is 300 g/mol. The van der Waals surface area contributed by atoms with E-state index in [1.165, 1.54) is 17.5 Å². The van der Waals surface area contributed by atoms with Crippen molar-refractivity contribution in [2.45, 2.75) is 6.61 Å². The molecule has 0 fully saturated rings. The summed E-state index contributed by atoms with van der Waals surface area (Å²) in [6.07, 6.45) is 4.81. The Morgan fingerprint density at radius 3 is 3.05 bits per heavy atom. The summed E-state index contributed by atoms with van der Waals surface area (Å²) in [5.74, 6) is -0.407. The summed E-state index contributed by atoms with van der Waals surface area (Å²) in [7, 11) is 1.75. The van der Waals surface area contributed by atoms with Crippen LogP contribution in [0.4, 0.5) is 0 Å². The first-order valence-corrected chi connectivity index (χ1v) is 7.12. The van der Waals surface area contributed by atoms with Crippen LogP contribution in [-0.2, 0) is 18.4 Å². The molecule has 0 saturated carbocycles. The highest BCUT2D eigenvalue weighted by Gasteiger charge is 2.11. The van der Waals surface area contributed by atoms with Crippen LogP contribution in [0.5, 0.6) is 0 Å². The van der Waals surface area contributed by atoms with Gasteiger partial charge >= 0.3 is 5.97 Å². The molecule has 0 amide bonds. The number of esters is 1. The molecule has 0 radical (unpaired) electrons. The number of pyridine rings is 1. The van der Waals surface area contributed by atoms with Crippen LogP contribution in [-0.4, -0.2) is 25.7 Å². The zero-order valence-corrected chi connectivity index (χ0v) is 12.1. The quantitative estimate of drug-likeness (QED) is 0.691. The summed E-state index contributed by atoms with van der Waals surface area (Å²) in [5, 5.41) is 6.60. The van der Waals surface area contributed by atoms with E-state index in [0.717, 1.165) is 10.7 Å². The lowest BCUT2D eigenvalue weighted by Gasteiger charge is -2.00. The van der Waals surface area contributed by atoms with Crippen LogP contribution in [0.2, 0.25) is 0 Å². The molecule has 0 N–H and O–H groups in total. The Kier molecular flexibility index (Phi) is 3.74. The van der Waals surface area contributed by atoms with Crippen molar-refractivity contribution in [1.29, 1.82) is 0 Å². The molecule has 3 aromatic heterocycles. The standard InChI is InChI=1S/C14H12N4O2S/c1-18-7-10(6-16-18)14(19)20-8-11-9-21-13(17-11)12-4-2-3-5-15-12/h2-7,9H,8H2,1H3. The van der Waals surface area contributed by atoms with Gasteiger partial charge in [0.25, 0.3) is 0 Å². The molecule has 6 nitrogen and oxygen atoms in total. The molecule has 0 atom stereocenters. The summed E-state index contributed by atoms with van der Waals surface area (Å²) in [6, 6.07) is 5.66. The Balaban J connectivity index is 1.64. The first-order chi connectivity index (χ1) is 10.2. The van der Waals surface area contributed by atoms with Gasteiger partial charge in [-0.2, -0.15) is 5.10 Å². The van der Waals surface area contributed by atoms with Gasteiger partial charge in [-0.25, -0.2) is 9.78 Å². The Bertz CT molecular complexity index is 751. The lowest BCUT2D eigenvalue weighted by atomic mass is 10.3. The van der Waals surface area contributed by atoms with Crippen molar-refractivity contribution in [3.05, 3.63) is 53.4 Å². The molecule has 0 aliphatic heterocycles. The number of carbonyl (C=O) groups excluding carboxylic acids is 1. The van der Waals surface area contributed by atoms with Gasteiger partial charge in [0.1, 0.15) is 11.6 Å². The van der Waals surface area contributed by atoms with Gasteiger partial charge in [-0.05, 0) is 12.1 Å². The minimum absolute atomic E-state index is 0.136. The molecular weight excluding hydrogens is 288 g/mol. The number of nitrogens with zero attached hydrogens (tertiary/aromatic N) is 4. The van der Waals surface area contributed by atoms with E-state index in [9.17, 15) is 4.79 Å². The van der Waals surface area contributed by atoms with E-state index in [0.29, 0.717) is 11.3 Å². The van der Waals surface area contributed by atoms with E-state index in [2.05, 4.69) is 15.1 Å². The number of aromatic nitrogens is 4. The van der Waals surface area contributed by atoms with Crippen molar-refractivity contribution in [2.75, 3.05) is 0 Å². The van der Waals surface area contributed by atoms with Crippen LogP contribution in [0.15, 0.2) is 42.2 Å². The Morgan fingerprint density at radius 2 is 2.33 bits per heavy atom. The Labute approximate surface area is 125 Å². The zero-order valence-electron chi connectivity index (χ0n) is 11.3. The average Bonchev–Trinajstić information content (AvgIpc) is 3.15. The molecule has 3 heterocycles. The summed E-state index contributed by atoms with van der Waals surface area (Å²) in [4.78, 5) is 20.4. The van der Waals surface area contributed by atoms with Gasteiger partial charge in [-0.1, -0.05) is 6.07 Å². The van der Waals surface area contributed by atoms with Gasteiger partial charge in [0.2, 0.25) is 0 Å². The number of thiazole rings is 1. The highest BCUT2D eigenvalue weighted by molar-refractivity contribution is 7.13. The van der Waals surface area contributed by atoms with Crippen LogP contribution < -0.4 is 0 Å². The molecular formula is C14H12N4O2S. The SMILES string of the molecule is Cn1cc(C(=O)OCc2csc(-c3ccccn3)n2)cn1. The van der Waals surface area contributed by atoms with Gasteiger partial charge in [0, 0.05) is 24.8 Å². The van der Waals surface area contributed by atoms with Crippen molar-refractivity contribution >= 4 is 17.3 Å². The third-order valence-corrected chi connectivity index (χ3v) is 3.64. The molecule has 3 rings (SSSR count). The fourth-order valence-electron chi connectivity index (χ4n) is 1.73. The molecule has 3 aromatic rings. The smallest absolute Gasteiger partial charge is 0.341 e. The van der Waals surface area contributed by atoms with E-state index in [4.69, 9.17) is 4.74 Å². The minimum Gasteiger partial charge on any atom is -0.455 e. The van der Waals surface area contributed by atoms with E-state index >= 15 is 0 Å². The molecule has 0 aliphatic carbocycles. The Hall–Kier alpha value is -2.54. The molecule has 7 heteroatoms. The fraction of sp³-hybridized carbons (Fsp3) is 0.143. The number of carbonyl (C=O) groups is 1. The summed E-state index contributed by atoms with van der Waals surface area (Å²) in [6.45, 7) is 0.136. The maximum absolute atomic E-state index is 11.8. The lowest BCUT2D eigenvalue weighted by Crippen LogP contribution is -2.04. The van der Waals surface area contributed by atoms with Crippen molar-refractivity contribution in [3.63, 3.8) is 0 Å². The second-order valence-corrected chi connectivity index (χ2v) is 5.20. The third kappa shape index (κ3) is 3.14. The minimum atomic E-state index is -0.407. The van der Waals surface area contributed by atoms with Crippen molar-refractivity contribution in [1.82, 2.24) is 19.7 Å². The van der Waals surface area contributed by atoms with Gasteiger partial charge in [-0.3, -0.25) is 9.67 Å². The summed E-state index contributed by atoms with van der Waals surface area (Å²) < 4.78 is 6.76. The van der Waals surface area contributed by atoms with E-state index in [1.807, 2.05) is 23.6 Å². The fourth-order valence-corrected chi connectivity index (χ4v) is 2.51. The number of ether oxygens (including phenoxy) is 1. The Morgan fingerprint density at radius 1 is 1.43 bits per heavy atom. The largest absolute Gasteiger partial charge is 0.455 e. The number of hydrogen-bond acceptors (Lipinski definition) is 6. The molecule has 0 bridgehead atoms.